The first kappa shape index (κ1) is 21.9. The second-order valence-corrected chi connectivity index (χ2v) is 9.55. The van der Waals surface area contributed by atoms with E-state index in [0.717, 1.165) is 32.1 Å². The van der Waals surface area contributed by atoms with Crippen LogP contribution in [0.1, 0.15) is 48.0 Å². The first-order valence-electron chi connectivity index (χ1n) is 9.84. The van der Waals surface area contributed by atoms with Crippen LogP contribution in [0, 0.1) is 17.0 Å². The highest BCUT2D eigenvalue weighted by molar-refractivity contribution is 7.89. The zero-order chi connectivity index (χ0) is 21.9. The van der Waals surface area contributed by atoms with Crippen LogP contribution < -0.4 is 5.32 Å². The van der Waals surface area contributed by atoms with E-state index >= 15 is 0 Å². The Hall–Kier alpha value is -2.78. The molecule has 0 unspecified atom stereocenters. The molecule has 0 atom stereocenters. The average molecular weight is 432 g/mol. The van der Waals surface area contributed by atoms with Crippen LogP contribution in [0.25, 0.3) is 0 Å². The number of nitro benzene ring substituents is 1. The van der Waals surface area contributed by atoms with Crippen molar-refractivity contribution in [2.75, 3.05) is 12.4 Å². The number of benzene rings is 2. The maximum atomic E-state index is 13.0. The van der Waals surface area contributed by atoms with Crippen molar-refractivity contribution >= 4 is 27.3 Å². The molecule has 1 aliphatic carbocycles. The third kappa shape index (κ3) is 4.68. The van der Waals surface area contributed by atoms with Crippen LogP contribution in [0.3, 0.4) is 0 Å². The molecule has 1 saturated carbocycles. The van der Waals surface area contributed by atoms with Gasteiger partial charge in [0.05, 0.1) is 9.82 Å². The van der Waals surface area contributed by atoms with Crippen molar-refractivity contribution in [1.29, 1.82) is 0 Å². The Kier molecular flexibility index (Phi) is 6.52. The van der Waals surface area contributed by atoms with Gasteiger partial charge in [0.1, 0.15) is 0 Å². The maximum absolute atomic E-state index is 13.0. The van der Waals surface area contributed by atoms with Crippen molar-refractivity contribution < 1.29 is 18.1 Å². The summed E-state index contributed by atoms with van der Waals surface area (Å²) in [5, 5.41) is 13.7. The van der Waals surface area contributed by atoms with Crippen LogP contribution in [-0.2, 0) is 10.0 Å². The first-order valence-corrected chi connectivity index (χ1v) is 11.3. The number of nitro groups is 1. The van der Waals surface area contributed by atoms with E-state index in [2.05, 4.69) is 5.32 Å². The van der Waals surface area contributed by atoms with Crippen LogP contribution in [0.5, 0.6) is 0 Å². The van der Waals surface area contributed by atoms with Gasteiger partial charge in [-0.2, -0.15) is 4.31 Å². The molecular weight excluding hydrogens is 406 g/mol. The van der Waals surface area contributed by atoms with E-state index in [4.69, 9.17) is 0 Å². The highest BCUT2D eigenvalue weighted by atomic mass is 32.2. The van der Waals surface area contributed by atoms with Crippen molar-refractivity contribution in [3.05, 3.63) is 63.7 Å². The third-order valence-electron chi connectivity index (χ3n) is 5.53. The number of aryl methyl sites for hydroxylation is 1. The maximum Gasteiger partial charge on any atom is 0.274 e. The van der Waals surface area contributed by atoms with Gasteiger partial charge in [-0.1, -0.05) is 31.4 Å². The molecule has 160 valence electrons. The van der Waals surface area contributed by atoms with Gasteiger partial charge >= 0.3 is 0 Å². The summed E-state index contributed by atoms with van der Waals surface area (Å²) >= 11 is 0. The highest BCUT2D eigenvalue weighted by Crippen LogP contribution is 2.27. The number of hydrogen-bond acceptors (Lipinski definition) is 5. The molecule has 9 heteroatoms. The molecule has 0 saturated heterocycles. The van der Waals surface area contributed by atoms with E-state index in [9.17, 15) is 23.3 Å². The van der Waals surface area contributed by atoms with Crippen molar-refractivity contribution in [2.24, 2.45) is 0 Å². The Balaban J connectivity index is 1.81. The van der Waals surface area contributed by atoms with Crippen LogP contribution >= 0.6 is 0 Å². The molecule has 0 aliphatic heterocycles. The number of sulfonamides is 1. The summed E-state index contributed by atoms with van der Waals surface area (Å²) in [6.07, 6.45) is 4.81. The lowest BCUT2D eigenvalue weighted by Crippen LogP contribution is -2.38. The van der Waals surface area contributed by atoms with Gasteiger partial charge < -0.3 is 5.32 Å². The minimum atomic E-state index is -3.73. The average Bonchev–Trinajstić information content (AvgIpc) is 2.75. The standard InChI is InChI=1S/C21H25N3O5S/c1-15-11-12-17(14-20(15)24(26)27)22-21(25)16-7-6-10-19(13-16)30(28,29)23(2)18-8-4-3-5-9-18/h6-7,10-14,18H,3-5,8-9H2,1-2H3,(H,22,25). The normalized spacial score (nSPS) is 15.2. The lowest BCUT2D eigenvalue weighted by atomic mass is 9.96. The Labute approximate surface area is 176 Å². The van der Waals surface area contributed by atoms with E-state index in [1.54, 1.807) is 26.1 Å². The van der Waals surface area contributed by atoms with Gasteiger partial charge in [0.2, 0.25) is 10.0 Å². The van der Waals surface area contributed by atoms with Crippen LogP contribution in [0.15, 0.2) is 47.4 Å². The molecule has 2 aromatic carbocycles. The molecule has 0 aromatic heterocycles. The highest BCUT2D eigenvalue weighted by Gasteiger charge is 2.29. The molecule has 1 fully saturated rings. The minimum absolute atomic E-state index is 0.0330. The number of nitrogens with one attached hydrogen (secondary N) is 1. The fourth-order valence-corrected chi connectivity index (χ4v) is 5.15. The monoisotopic (exact) mass is 431 g/mol. The van der Waals surface area contributed by atoms with E-state index in [-0.39, 0.29) is 27.9 Å². The van der Waals surface area contributed by atoms with Crippen molar-refractivity contribution in [3.8, 4) is 0 Å². The molecule has 0 radical (unpaired) electrons. The summed E-state index contributed by atoms with van der Waals surface area (Å²) in [6.45, 7) is 1.61. The van der Waals surface area contributed by atoms with Crippen LogP contribution in [-0.4, -0.2) is 36.6 Å². The zero-order valence-electron chi connectivity index (χ0n) is 17.0. The number of amides is 1. The Morgan fingerprint density at radius 2 is 1.83 bits per heavy atom. The lowest BCUT2D eigenvalue weighted by Gasteiger charge is -2.30. The topological polar surface area (TPSA) is 110 Å². The van der Waals surface area contributed by atoms with Gasteiger partial charge in [-0.05, 0) is 44.0 Å². The minimum Gasteiger partial charge on any atom is -0.322 e. The quantitative estimate of drug-likeness (QED) is 0.547. The molecule has 3 rings (SSSR count). The van der Waals surface area contributed by atoms with Crippen LogP contribution in [0.2, 0.25) is 0 Å². The largest absolute Gasteiger partial charge is 0.322 e. The molecule has 8 nitrogen and oxygen atoms in total. The fraction of sp³-hybridized carbons (Fsp3) is 0.381. The van der Waals surface area contributed by atoms with Gasteiger partial charge in [-0.15, -0.1) is 0 Å². The Morgan fingerprint density at radius 3 is 2.50 bits per heavy atom. The summed E-state index contributed by atoms with van der Waals surface area (Å²) in [5.41, 5.74) is 0.816. The van der Waals surface area contributed by atoms with E-state index in [1.807, 2.05) is 0 Å². The molecule has 0 bridgehead atoms. The zero-order valence-corrected chi connectivity index (χ0v) is 17.8. The smallest absolute Gasteiger partial charge is 0.274 e. The molecule has 30 heavy (non-hydrogen) atoms. The summed E-state index contributed by atoms with van der Waals surface area (Å²) in [6, 6.07) is 10.2. The van der Waals surface area contributed by atoms with E-state index < -0.39 is 20.9 Å². The Bertz CT molecular complexity index is 1060. The molecular formula is C21H25N3O5S. The van der Waals surface area contributed by atoms with Crippen molar-refractivity contribution in [2.45, 2.75) is 50.0 Å². The number of anilines is 1. The molecule has 1 amide bonds. The number of hydrogen-bond donors (Lipinski definition) is 1. The first-order chi connectivity index (χ1) is 14.2. The lowest BCUT2D eigenvalue weighted by molar-refractivity contribution is -0.385. The predicted molar refractivity (Wildman–Crippen MR) is 114 cm³/mol. The van der Waals surface area contributed by atoms with Gasteiger partial charge in [-0.3, -0.25) is 14.9 Å². The number of carbonyl (C=O) groups excluding carboxylic acids is 1. The molecule has 2 aromatic rings. The van der Waals surface area contributed by atoms with Gasteiger partial charge in [0.15, 0.2) is 0 Å². The van der Waals surface area contributed by atoms with Gasteiger partial charge in [0.25, 0.3) is 11.6 Å². The summed E-state index contributed by atoms with van der Waals surface area (Å²) in [5.74, 6) is -0.537. The SMILES string of the molecule is Cc1ccc(NC(=O)c2cccc(S(=O)(=O)N(C)C3CCCCC3)c2)cc1[N+](=O)[O-]. The third-order valence-corrected chi connectivity index (χ3v) is 7.43. The molecule has 1 N–H and O–H groups in total. The van der Waals surface area contributed by atoms with Crippen molar-refractivity contribution in [1.82, 2.24) is 4.31 Å². The van der Waals surface area contributed by atoms with Gasteiger partial charge in [0, 0.05) is 36.0 Å². The summed E-state index contributed by atoms with van der Waals surface area (Å²) < 4.78 is 27.5. The van der Waals surface area contributed by atoms with E-state index in [0.29, 0.717) is 5.56 Å². The summed E-state index contributed by atoms with van der Waals surface area (Å²) in [4.78, 5) is 23.3. The predicted octanol–water partition coefficient (Wildman–Crippen LogP) is 4.11. The second-order valence-electron chi connectivity index (χ2n) is 7.55. The Morgan fingerprint density at radius 1 is 1.13 bits per heavy atom. The second kappa shape index (κ2) is 8.93. The van der Waals surface area contributed by atoms with Gasteiger partial charge in [-0.25, -0.2) is 8.42 Å². The van der Waals surface area contributed by atoms with E-state index in [1.165, 1.54) is 34.6 Å². The molecule has 0 spiro atoms. The number of rotatable bonds is 6. The number of nitrogens with zero attached hydrogens (tertiary/aromatic N) is 2. The number of carbonyl (C=O) groups is 1. The molecule has 0 heterocycles. The van der Waals surface area contributed by atoms with Crippen molar-refractivity contribution in [3.63, 3.8) is 0 Å². The van der Waals surface area contributed by atoms with Crippen LogP contribution in [0.4, 0.5) is 11.4 Å². The fourth-order valence-electron chi connectivity index (χ4n) is 3.69. The molecule has 1 aliphatic rings. The summed E-state index contributed by atoms with van der Waals surface area (Å²) in [7, 11) is -2.14.